The first-order valence-electron chi connectivity index (χ1n) is 7.08. The molecule has 6 nitrogen and oxygen atoms in total. The van der Waals surface area contributed by atoms with Crippen LogP contribution < -0.4 is 10.6 Å². The second-order valence-electron chi connectivity index (χ2n) is 5.85. The lowest BCUT2D eigenvalue weighted by molar-refractivity contribution is 0.0528. The van der Waals surface area contributed by atoms with Crippen LogP contribution in [0.1, 0.15) is 27.2 Å². The van der Waals surface area contributed by atoms with Gasteiger partial charge in [0.15, 0.2) is 0 Å². The summed E-state index contributed by atoms with van der Waals surface area (Å²) in [6.07, 6.45) is 2.24. The van der Waals surface area contributed by atoms with Gasteiger partial charge in [-0.05, 0) is 39.3 Å². The lowest BCUT2D eigenvalue weighted by atomic mass is 10.2. The number of aromatic amines is 1. The number of hydrogen-bond acceptors (Lipinski definition) is 4. The summed E-state index contributed by atoms with van der Waals surface area (Å²) < 4.78 is 5.17. The quantitative estimate of drug-likeness (QED) is 0.740. The zero-order valence-electron chi connectivity index (χ0n) is 12.7. The maximum Gasteiger partial charge on any atom is 0.407 e. The second kappa shape index (κ2) is 6.47. The number of alkyl carbamates (subject to hydrolysis) is 1. The molecule has 0 aliphatic carbocycles. The van der Waals surface area contributed by atoms with Gasteiger partial charge < -0.3 is 15.4 Å². The highest BCUT2D eigenvalue weighted by Gasteiger charge is 2.15. The molecule has 1 amide bonds. The highest BCUT2D eigenvalue weighted by Crippen LogP contribution is 2.20. The summed E-state index contributed by atoms with van der Waals surface area (Å²) in [6.45, 7) is 6.88. The Labute approximate surface area is 124 Å². The van der Waals surface area contributed by atoms with Crippen molar-refractivity contribution in [3.8, 4) is 0 Å². The van der Waals surface area contributed by atoms with E-state index in [0.717, 1.165) is 29.6 Å². The van der Waals surface area contributed by atoms with Crippen LogP contribution in [0.2, 0.25) is 0 Å². The summed E-state index contributed by atoms with van der Waals surface area (Å²) in [5.74, 6) is 0. The molecule has 0 spiro atoms. The van der Waals surface area contributed by atoms with Crippen LogP contribution in [0.15, 0.2) is 24.4 Å². The Morgan fingerprint density at radius 3 is 2.90 bits per heavy atom. The zero-order valence-corrected chi connectivity index (χ0v) is 12.7. The third kappa shape index (κ3) is 4.66. The number of amides is 1. The van der Waals surface area contributed by atoms with E-state index < -0.39 is 5.60 Å². The van der Waals surface area contributed by atoms with Crippen molar-refractivity contribution in [3.63, 3.8) is 0 Å². The molecule has 0 atom stereocenters. The van der Waals surface area contributed by atoms with Gasteiger partial charge >= 0.3 is 6.09 Å². The van der Waals surface area contributed by atoms with Crippen molar-refractivity contribution in [2.24, 2.45) is 0 Å². The Morgan fingerprint density at radius 1 is 1.33 bits per heavy atom. The number of rotatable bonds is 5. The molecular weight excluding hydrogens is 268 g/mol. The molecule has 2 aromatic rings. The minimum atomic E-state index is -0.459. The third-order valence-corrected chi connectivity index (χ3v) is 2.82. The summed E-state index contributed by atoms with van der Waals surface area (Å²) in [5, 5.41) is 14.1. The number of aromatic nitrogens is 2. The van der Waals surface area contributed by atoms with Crippen LogP contribution in [0.5, 0.6) is 0 Å². The Kier molecular flexibility index (Phi) is 4.67. The topological polar surface area (TPSA) is 79.0 Å². The average molecular weight is 290 g/mol. The van der Waals surface area contributed by atoms with E-state index in [1.807, 2.05) is 39.0 Å². The number of anilines is 1. The number of nitrogens with one attached hydrogen (secondary N) is 3. The van der Waals surface area contributed by atoms with Crippen LogP contribution in [-0.2, 0) is 4.74 Å². The predicted molar refractivity (Wildman–Crippen MR) is 83.4 cm³/mol. The Balaban J connectivity index is 1.71. The van der Waals surface area contributed by atoms with Crippen LogP contribution >= 0.6 is 0 Å². The Bertz CT molecular complexity index is 601. The van der Waals surface area contributed by atoms with E-state index in [0.29, 0.717) is 6.54 Å². The molecule has 0 fully saturated rings. The molecule has 1 aromatic carbocycles. The number of carbonyl (C=O) groups excluding carboxylic acids is 1. The number of carbonyl (C=O) groups is 1. The first-order valence-corrected chi connectivity index (χ1v) is 7.08. The van der Waals surface area contributed by atoms with Gasteiger partial charge in [0, 0.05) is 24.2 Å². The highest BCUT2D eigenvalue weighted by molar-refractivity contribution is 5.90. The van der Waals surface area contributed by atoms with Crippen molar-refractivity contribution in [1.82, 2.24) is 15.5 Å². The van der Waals surface area contributed by atoms with Gasteiger partial charge in [0.2, 0.25) is 0 Å². The predicted octanol–water partition coefficient (Wildman–Crippen LogP) is 2.89. The second-order valence-corrected chi connectivity index (χ2v) is 5.85. The minimum absolute atomic E-state index is 0.376. The van der Waals surface area contributed by atoms with Gasteiger partial charge in [-0.3, -0.25) is 5.10 Å². The summed E-state index contributed by atoms with van der Waals surface area (Å²) in [7, 11) is 0. The van der Waals surface area contributed by atoms with Gasteiger partial charge in [-0.25, -0.2) is 4.79 Å². The third-order valence-electron chi connectivity index (χ3n) is 2.82. The Morgan fingerprint density at radius 2 is 2.14 bits per heavy atom. The van der Waals surface area contributed by atoms with Crippen molar-refractivity contribution in [2.75, 3.05) is 18.4 Å². The molecular formula is C15H22N4O2. The lowest BCUT2D eigenvalue weighted by Crippen LogP contribution is -2.33. The Hall–Kier alpha value is -2.24. The average Bonchev–Trinajstić information content (AvgIpc) is 2.85. The van der Waals surface area contributed by atoms with Crippen LogP contribution in [0.3, 0.4) is 0 Å². The zero-order chi connectivity index (χ0) is 15.3. The smallest absolute Gasteiger partial charge is 0.407 e. The molecule has 1 aromatic heterocycles. The number of ether oxygens (including phenoxy) is 1. The van der Waals surface area contributed by atoms with Crippen molar-refractivity contribution in [3.05, 3.63) is 24.4 Å². The molecule has 2 rings (SSSR count). The van der Waals surface area contributed by atoms with Crippen LogP contribution in [0, 0.1) is 0 Å². The molecule has 0 saturated heterocycles. The molecule has 114 valence electrons. The number of benzene rings is 1. The van der Waals surface area contributed by atoms with Gasteiger partial charge in [-0.1, -0.05) is 6.07 Å². The molecule has 0 aliphatic rings. The molecule has 21 heavy (non-hydrogen) atoms. The van der Waals surface area contributed by atoms with Crippen molar-refractivity contribution < 1.29 is 9.53 Å². The number of hydrogen-bond donors (Lipinski definition) is 3. The van der Waals surface area contributed by atoms with Crippen molar-refractivity contribution in [2.45, 2.75) is 32.8 Å². The number of fused-ring (bicyclic) bond motifs is 1. The van der Waals surface area contributed by atoms with Crippen LogP contribution in [-0.4, -0.2) is 35.0 Å². The fourth-order valence-corrected chi connectivity index (χ4v) is 1.94. The molecule has 0 radical (unpaired) electrons. The highest BCUT2D eigenvalue weighted by atomic mass is 16.6. The van der Waals surface area contributed by atoms with E-state index in [1.165, 1.54) is 0 Å². The van der Waals surface area contributed by atoms with Crippen LogP contribution in [0.4, 0.5) is 10.5 Å². The molecule has 3 N–H and O–H groups in total. The largest absolute Gasteiger partial charge is 0.444 e. The lowest BCUT2D eigenvalue weighted by Gasteiger charge is -2.19. The van der Waals surface area contributed by atoms with Crippen molar-refractivity contribution in [1.29, 1.82) is 0 Å². The molecule has 0 bridgehead atoms. The monoisotopic (exact) mass is 290 g/mol. The normalized spacial score (nSPS) is 11.4. The molecule has 1 heterocycles. The van der Waals surface area contributed by atoms with Gasteiger partial charge in [0.05, 0.1) is 11.7 Å². The summed E-state index contributed by atoms with van der Waals surface area (Å²) >= 11 is 0. The first kappa shape index (κ1) is 15.2. The van der Waals surface area contributed by atoms with Crippen LogP contribution in [0.25, 0.3) is 10.9 Å². The van der Waals surface area contributed by atoms with E-state index >= 15 is 0 Å². The molecule has 6 heteroatoms. The summed E-state index contributed by atoms with van der Waals surface area (Å²) in [4.78, 5) is 11.5. The first-order chi connectivity index (χ1) is 9.96. The van der Waals surface area contributed by atoms with Crippen molar-refractivity contribution >= 4 is 22.7 Å². The maximum atomic E-state index is 11.5. The van der Waals surface area contributed by atoms with E-state index in [2.05, 4.69) is 20.8 Å². The van der Waals surface area contributed by atoms with E-state index in [4.69, 9.17) is 4.74 Å². The number of H-pyrrole nitrogens is 1. The summed E-state index contributed by atoms with van der Waals surface area (Å²) in [5.41, 5.74) is 1.59. The molecule has 0 aliphatic heterocycles. The summed E-state index contributed by atoms with van der Waals surface area (Å²) in [6, 6.07) is 5.97. The van der Waals surface area contributed by atoms with Gasteiger partial charge in [0.1, 0.15) is 5.60 Å². The van der Waals surface area contributed by atoms with Gasteiger partial charge in [0.25, 0.3) is 0 Å². The molecule has 0 unspecified atom stereocenters. The van der Waals surface area contributed by atoms with E-state index in [1.54, 1.807) is 6.20 Å². The van der Waals surface area contributed by atoms with E-state index in [-0.39, 0.29) is 6.09 Å². The number of nitrogens with zero attached hydrogens (tertiary/aromatic N) is 1. The SMILES string of the molecule is CC(C)(C)OC(=O)NCCCNc1cccc2[nH]ncc12. The molecule has 0 saturated carbocycles. The fraction of sp³-hybridized carbons (Fsp3) is 0.467. The fourth-order valence-electron chi connectivity index (χ4n) is 1.94. The van der Waals surface area contributed by atoms with Gasteiger partial charge in [-0.2, -0.15) is 5.10 Å². The maximum absolute atomic E-state index is 11.5. The van der Waals surface area contributed by atoms with E-state index in [9.17, 15) is 4.79 Å². The minimum Gasteiger partial charge on any atom is -0.444 e. The standard InChI is InChI=1S/C15H22N4O2/c1-15(2,3)21-14(20)17-9-5-8-16-12-6-4-7-13-11(12)10-18-19-13/h4,6-7,10,16H,5,8-9H2,1-3H3,(H,17,20)(H,18,19). The van der Waals surface area contributed by atoms with Gasteiger partial charge in [-0.15, -0.1) is 0 Å².